The van der Waals surface area contributed by atoms with Gasteiger partial charge in [-0.15, -0.1) is 11.3 Å². The van der Waals surface area contributed by atoms with Crippen LogP contribution in [0.25, 0.3) is 0 Å². The van der Waals surface area contributed by atoms with Crippen molar-refractivity contribution in [1.29, 1.82) is 0 Å². The first kappa shape index (κ1) is 18.2. The smallest absolute Gasteiger partial charge is 0.0354 e. The van der Waals surface area contributed by atoms with Gasteiger partial charge in [0.2, 0.25) is 0 Å². The maximum atomic E-state index is 3.91. The molecule has 0 saturated heterocycles. The molecule has 0 atom stereocenters. The summed E-state index contributed by atoms with van der Waals surface area (Å²) in [6, 6.07) is 0. The normalized spacial score (nSPS) is 13.0. The summed E-state index contributed by atoms with van der Waals surface area (Å²) in [4.78, 5) is 3.08. The first-order valence-electron chi connectivity index (χ1n) is 7.91. The largest absolute Gasteiger partial charge is 0.143 e. The summed E-state index contributed by atoms with van der Waals surface area (Å²) in [5, 5.41) is 0. The average Bonchev–Trinajstić information content (AvgIpc) is 2.61. The van der Waals surface area contributed by atoms with Crippen LogP contribution in [0.1, 0.15) is 89.5 Å². The maximum absolute atomic E-state index is 3.91. The lowest BCUT2D eigenvalue weighted by Gasteiger charge is -2.19. The van der Waals surface area contributed by atoms with E-state index in [9.17, 15) is 0 Å². The van der Waals surface area contributed by atoms with Crippen molar-refractivity contribution >= 4 is 27.3 Å². The van der Waals surface area contributed by atoms with Gasteiger partial charge >= 0.3 is 0 Å². The van der Waals surface area contributed by atoms with Gasteiger partial charge in [0.25, 0.3) is 0 Å². The van der Waals surface area contributed by atoms with Crippen LogP contribution >= 0.6 is 27.3 Å². The topological polar surface area (TPSA) is 0 Å². The van der Waals surface area contributed by atoms with Crippen molar-refractivity contribution in [2.45, 2.75) is 91.4 Å². The minimum absolute atomic E-state index is 0.227. The quantitative estimate of drug-likeness (QED) is 0.487. The van der Waals surface area contributed by atoms with Crippen LogP contribution in [-0.2, 0) is 17.3 Å². The highest BCUT2D eigenvalue weighted by atomic mass is 79.9. The second-order valence-corrected chi connectivity index (χ2v) is 9.68. The van der Waals surface area contributed by atoms with Crippen LogP contribution in [0.4, 0.5) is 0 Å². The fraction of sp³-hybridized carbons (Fsp3) is 0.778. The number of hydrogen-bond acceptors (Lipinski definition) is 1. The molecule has 0 unspecified atom stereocenters. The highest BCUT2D eigenvalue weighted by Gasteiger charge is 2.29. The van der Waals surface area contributed by atoms with Gasteiger partial charge < -0.3 is 0 Å². The predicted molar refractivity (Wildman–Crippen MR) is 97.3 cm³/mol. The SMILES string of the molecule is CCCCCCc1c(C(C)(C)C)sc(C(C)(C)C)c1Br. The van der Waals surface area contributed by atoms with Gasteiger partial charge in [0.1, 0.15) is 0 Å². The molecule has 20 heavy (non-hydrogen) atoms. The van der Waals surface area contributed by atoms with Gasteiger partial charge in [-0.2, -0.15) is 0 Å². The number of unbranched alkanes of at least 4 members (excludes halogenated alkanes) is 3. The van der Waals surface area contributed by atoms with Crippen LogP contribution in [-0.4, -0.2) is 0 Å². The molecule has 0 radical (unpaired) electrons. The zero-order chi connectivity index (χ0) is 15.6. The molecule has 0 N–H and O–H groups in total. The minimum atomic E-state index is 0.227. The van der Waals surface area contributed by atoms with Crippen molar-refractivity contribution in [3.63, 3.8) is 0 Å². The van der Waals surface area contributed by atoms with E-state index in [1.54, 1.807) is 10.4 Å². The Morgan fingerprint density at radius 1 is 0.850 bits per heavy atom. The van der Waals surface area contributed by atoms with Gasteiger partial charge in [0, 0.05) is 14.2 Å². The molecule has 1 rings (SSSR count). The molecule has 0 bridgehead atoms. The van der Waals surface area contributed by atoms with Crippen molar-refractivity contribution < 1.29 is 0 Å². The van der Waals surface area contributed by atoms with Crippen LogP contribution in [0.3, 0.4) is 0 Å². The summed E-state index contributed by atoms with van der Waals surface area (Å²) in [6.07, 6.45) is 6.56. The number of hydrogen-bond donors (Lipinski definition) is 0. The number of thiophene rings is 1. The van der Waals surface area contributed by atoms with Crippen molar-refractivity contribution in [3.8, 4) is 0 Å². The minimum Gasteiger partial charge on any atom is -0.143 e. The molecule has 1 aromatic rings. The maximum Gasteiger partial charge on any atom is 0.0354 e. The second-order valence-electron chi connectivity index (χ2n) is 7.86. The summed E-state index contributed by atoms with van der Waals surface area (Å²) in [7, 11) is 0. The second kappa shape index (κ2) is 6.96. The molecular formula is C18H31BrS. The molecule has 1 aromatic heterocycles. The molecule has 0 saturated carbocycles. The first-order chi connectivity index (χ1) is 9.09. The molecule has 0 aliphatic heterocycles. The summed E-state index contributed by atoms with van der Waals surface area (Å²) >= 11 is 5.93. The van der Waals surface area contributed by atoms with Crippen LogP contribution < -0.4 is 0 Å². The van der Waals surface area contributed by atoms with E-state index in [4.69, 9.17) is 0 Å². The lowest BCUT2D eigenvalue weighted by molar-refractivity contribution is 0.589. The molecule has 0 aliphatic carbocycles. The lowest BCUT2D eigenvalue weighted by atomic mass is 9.88. The van der Waals surface area contributed by atoms with Crippen LogP contribution in [0.15, 0.2) is 4.47 Å². The molecule has 0 fully saturated rings. The van der Waals surface area contributed by atoms with E-state index in [0.29, 0.717) is 0 Å². The molecular weight excluding hydrogens is 328 g/mol. The Balaban J connectivity index is 3.09. The van der Waals surface area contributed by atoms with E-state index in [1.165, 1.54) is 41.5 Å². The first-order valence-corrected chi connectivity index (χ1v) is 9.52. The highest BCUT2D eigenvalue weighted by Crippen LogP contribution is 2.45. The van der Waals surface area contributed by atoms with Gasteiger partial charge in [0.05, 0.1) is 0 Å². The van der Waals surface area contributed by atoms with Crippen molar-refractivity contribution in [2.24, 2.45) is 0 Å². The zero-order valence-corrected chi connectivity index (χ0v) is 16.7. The van der Waals surface area contributed by atoms with E-state index < -0.39 is 0 Å². The third-order valence-electron chi connectivity index (χ3n) is 3.59. The van der Waals surface area contributed by atoms with E-state index >= 15 is 0 Å². The van der Waals surface area contributed by atoms with Crippen molar-refractivity contribution in [2.75, 3.05) is 0 Å². The van der Waals surface area contributed by atoms with E-state index in [0.717, 1.165) is 0 Å². The Bertz CT molecular complexity index is 429. The molecule has 0 spiro atoms. The van der Waals surface area contributed by atoms with Gasteiger partial charge in [-0.05, 0) is 45.2 Å². The molecule has 2 heteroatoms. The van der Waals surface area contributed by atoms with Crippen LogP contribution in [0.2, 0.25) is 0 Å². The molecule has 0 amide bonds. The molecule has 1 heterocycles. The summed E-state index contributed by atoms with van der Waals surface area (Å²) in [5.74, 6) is 0. The van der Waals surface area contributed by atoms with Gasteiger partial charge in [-0.1, -0.05) is 67.7 Å². The monoisotopic (exact) mass is 358 g/mol. The van der Waals surface area contributed by atoms with E-state index in [-0.39, 0.29) is 10.8 Å². The van der Waals surface area contributed by atoms with Gasteiger partial charge in [0.15, 0.2) is 0 Å². The highest BCUT2D eigenvalue weighted by molar-refractivity contribution is 9.10. The fourth-order valence-electron chi connectivity index (χ4n) is 2.49. The molecule has 0 aromatic carbocycles. The summed E-state index contributed by atoms with van der Waals surface area (Å²) < 4.78 is 1.39. The Hall–Kier alpha value is 0.180. The lowest BCUT2D eigenvalue weighted by Crippen LogP contribution is -2.11. The number of rotatable bonds is 5. The third-order valence-corrected chi connectivity index (χ3v) is 6.81. The molecule has 0 aliphatic rings. The Morgan fingerprint density at radius 2 is 1.40 bits per heavy atom. The predicted octanol–water partition coefficient (Wildman–Crippen LogP) is 7.23. The Kier molecular flexibility index (Phi) is 6.34. The summed E-state index contributed by atoms with van der Waals surface area (Å²) in [5.41, 5.74) is 2.05. The van der Waals surface area contributed by atoms with Crippen LogP contribution in [0.5, 0.6) is 0 Å². The van der Waals surface area contributed by atoms with Crippen molar-refractivity contribution in [3.05, 3.63) is 19.8 Å². The third kappa shape index (κ3) is 4.59. The van der Waals surface area contributed by atoms with Gasteiger partial charge in [-0.25, -0.2) is 0 Å². The zero-order valence-electron chi connectivity index (χ0n) is 14.3. The summed E-state index contributed by atoms with van der Waals surface area (Å²) in [6.45, 7) is 16.2. The molecule has 116 valence electrons. The van der Waals surface area contributed by atoms with E-state index in [1.807, 2.05) is 11.3 Å². The standard InChI is InChI=1S/C18H31BrS/c1-8-9-10-11-12-13-14(19)16(18(5,6)7)20-15(13)17(2,3)4/h8-12H2,1-7H3. The van der Waals surface area contributed by atoms with Crippen molar-refractivity contribution in [1.82, 2.24) is 0 Å². The van der Waals surface area contributed by atoms with Crippen LogP contribution in [0, 0.1) is 0 Å². The van der Waals surface area contributed by atoms with E-state index in [2.05, 4.69) is 64.4 Å². The number of halogens is 1. The Labute approximate surface area is 138 Å². The Morgan fingerprint density at radius 3 is 1.85 bits per heavy atom. The average molecular weight is 359 g/mol. The van der Waals surface area contributed by atoms with Gasteiger partial charge in [-0.3, -0.25) is 0 Å². The fourth-order valence-corrected chi connectivity index (χ4v) is 5.21. The molecule has 0 nitrogen and oxygen atoms in total.